The highest BCUT2D eigenvalue weighted by atomic mass is 79.9. The first-order valence-electron chi connectivity index (χ1n) is 7.58. The van der Waals surface area contributed by atoms with Gasteiger partial charge in [-0.2, -0.15) is 0 Å². The molecule has 134 valence electrons. The van der Waals surface area contributed by atoms with Crippen LogP contribution in [0.3, 0.4) is 0 Å². The normalized spacial score (nSPS) is 11.6. The van der Waals surface area contributed by atoms with Crippen LogP contribution in [0.15, 0.2) is 58.2 Å². The molecule has 0 unspecified atom stereocenters. The predicted octanol–water partition coefficient (Wildman–Crippen LogP) is 5.17. The number of hydrogen-bond acceptors (Lipinski definition) is 3. The van der Waals surface area contributed by atoms with Crippen molar-refractivity contribution in [2.24, 2.45) is 0 Å². The molecule has 3 rings (SSSR count). The summed E-state index contributed by atoms with van der Waals surface area (Å²) < 4.78 is 52.7. The number of pyridine rings is 1. The van der Waals surface area contributed by atoms with E-state index in [-0.39, 0.29) is 5.56 Å². The molecule has 0 aliphatic rings. The molecule has 26 heavy (non-hydrogen) atoms. The number of benzene rings is 2. The molecule has 0 radical (unpaired) electrons. The lowest BCUT2D eigenvalue weighted by atomic mass is 9.95. The third kappa shape index (κ3) is 3.54. The van der Waals surface area contributed by atoms with Crippen LogP contribution in [0.25, 0.3) is 22.3 Å². The van der Waals surface area contributed by atoms with E-state index in [1.165, 1.54) is 6.20 Å². The van der Waals surface area contributed by atoms with Crippen molar-refractivity contribution >= 4 is 25.8 Å². The van der Waals surface area contributed by atoms with Gasteiger partial charge in [-0.3, -0.25) is 4.98 Å². The first-order chi connectivity index (χ1) is 12.2. The van der Waals surface area contributed by atoms with Crippen molar-refractivity contribution in [3.05, 3.63) is 70.5 Å². The van der Waals surface area contributed by atoms with Crippen LogP contribution >= 0.6 is 15.9 Å². The van der Waals surface area contributed by atoms with Crippen LogP contribution in [-0.4, -0.2) is 19.7 Å². The molecule has 0 N–H and O–H groups in total. The zero-order valence-electron chi connectivity index (χ0n) is 13.9. The summed E-state index contributed by atoms with van der Waals surface area (Å²) in [5.41, 5.74) is 3.33. The van der Waals surface area contributed by atoms with E-state index in [1.54, 1.807) is 12.3 Å². The second kappa shape index (κ2) is 6.89. The fourth-order valence-corrected chi connectivity index (χ4v) is 3.83. The van der Waals surface area contributed by atoms with Gasteiger partial charge in [0.25, 0.3) is 0 Å². The van der Waals surface area contributed by atoms with Gasteiger partial charge in [0.1, 0.15) is 16.5 Å². The molecule has 1 heterocycles. The molecular formula is C19H14BrF2NO2S. The molecule has 0 saturated heterocycles. The first-order valence-corrected chi connectivity index (χ1v) is 10.3. The third-order valence-corrected chi connectivity index (χ3v) is 5.99. The summed E-state index contributed by atoms with van der Waals surface area (Å²) in [4.78, 5) is 3.12. The van der Waals surface area contributed by atoms with Crippen molar-refractivity contribution in [1.29, 1.82) is 0 Å². The van der Waals surface area contributed by atoms with E-state index in [0.717, 1.165) is 39.6 Å². The Morgan fingerprint density at radius 3 is 2.19 bits per heavy atom. The summed E-state index contributed by atoms with van der Waals surface area (Å²) in [5.74, 6) is -2.24. The number of halogens is 3. The quantitative estimate of drug-likeness (QED) is 0.567. The van der Waals surface area contributed by atoms with E-state index < -0.39 is 26.4 Å². The van der Waals surface area contributed by atoms with E-state index in [4.69, 9.17) is 0 Å². The SMILES string of the molecule is Cc1cc(-c2ccncc2-c2cc(F)c(S(C)(=O)=O)c(F)c2)ccc1Br. The maximum absolute atomic E-state index is 14.3. The average molecular weight is 438 g/mol. The largest absolute Gasteiger partial charge is 0.264 e. The monoisotopic (exact) mass is 437 g/mol. The van der Waals surface area contributed by atoms with E-state index in [1.807, 2.05) is 25.1 Å². The topological polar surface area (TPSA) is 47.0 Å². The number of aromatic nitrogens is 1. The molecule has 1 aromatic heterocycles. The minimum atomic E-state index is -4.01. The zero-order chi connectivity index (χ0) is 19.1. The molecule has 0 amide bonds. The van der Waals surface area contributed by atoms with Crippen molar-refractivity contribution in [2.45, 2.75) is 11.8 Å². The van der Waals surface area contributed by atoms with Crippen molar-refractivity contribution < 1.29 is 17.2 Å². The van der Waals surface area contributed by atoms with Crippen molar-refractivity contribution in [3.8, 4) is 22.3 Å². The van der Waals surface area contributed by atoms with Crippen molar-refractivity contribution in [2.75, 3.05) is 6.26 Å². The minimum Gasteiger partial charge on any atom is -0.264 e. The minimum absolute atomic E-state index is 0.219. The van der Waals surface area contributed by atoms with Crippen LogP contribution in [-0.2, 0) is 9.84 Å². The standard InChI is InChI=1S/C19H14BrF2NO2S/c1-11-7-12(3-4-16(11)20)14-5-6-23-10-15(14)13-8-17(21)19(18(22)9-13)26(2,24)25/h3-10H,1-2H3. The molecule has 2 aromatic carbocycles. The van der Waals surface area contributed by atoms with Gasteiger partial charge in [-0.05, 0) is 53.4 Å². The molecule has 7 heteroatoms. The van der Waals surface area contributed by atoms with E-state index >= 15 is 0 Å². The lowest BCUT2D eigenvalue weighted by Crippen LogP contribution is -2.05. The number of rotatable bonds is 3. The molecule has 3 nitrogen and oxygen atoms in total. The Hall–Kier alpha value is -2.12. The van der Waals surface area contributed by atoms with Crippen LogP contribution in [0.5, 0.6) is 0 Å². The molecule has 0 aliphatic carbocycles. The van der Waals surface area contributed by atoms with Gasteiger partial charge in [-0.25, -0.2) is 17.2 Å². The summed E-state index contributed by atoms with van der Waals surface area (Å²) in [6, 6.07) is 9.51. The van der Waals surface area contributed by atoms with Gasteiger partial charge in [-0.1, -0.05) is 28.1 Å². The van der Waals surface area contributed by atoms with Crippen LogP contribution in [0.1, 0.15) is 5.56 Å². The Bertz CT molecular complexity index is 1090. The predicted molar refractivity (Wildman–Crippen MR) is 101 cm³/mol. The van der Waals surface area contributed by atoms with Crippen molar-refractivity contribution in [3.63, 3.8) is 0 Å². The lowest BCUT2D eigenvalue weighted by Gasteiger charge is -2.12. The van der Waals surface area contributed by atoms with Crippen LogP contribution in [0.2, 0.25) is 0 Å². The number of sulfone groups is 1. The second-order valence-corrected chi connectivity index (χ2v) is 8.73. The summed E-state index contributed by atoms with van der Waals surface area (Å²) >= 11 is 3.44. The van der Waals surface area contributed by atoms with Gasteiger partial charge in [-0.15, -0.1) is 0 Å². The number of nitrogens with zero attached hydrogens (tertiary/aromatic N) is 1. The smallest absolute Gasteiger partial charge is 0.181 e. The molecule has 0 atom stereocenters. The van der Waals surface area contributed by atoms with Gasteiger partial charge >= 0.3 is 0 Å². The number of aryl methyl sites for hydroxylation is 1. The maximum Gasteiger partial charge on any atom is 0.181 e. The molecule has 0 spiro atoms. The summed E-state index contributed by atoms with van der Waals surface area (Å²) in [7, 11) is -4.01. The maximum atomic E-state index is 14.3. The van der Waals surface area contributed by atoms with E-state index in [0.29, 0.717) is 5.56 Å². The Balaban J connectivity index is 2.22. The first kappa shape index (κ1) is 18.7. The highest BCUT2D eigenvalue weighted by molar-refractivity contribution is 9.10. The Kier molecular flexibility index (Phi) is 4.94. The number of hydrogen-bond donors (Lipinski definition) is 0. The molecule has 0 aliphatic heterocycles. The van der Waals surface area contributed by atoms with Crippen molar-refractivity contribution in [1.82, 2.24) is 4.98 Å². The van der Waals surface area contributed by atoms with Gasteiger partial charge in [0.15, 0.2) is 9.84 Å². The van der Waals surface area contributed by atoms with Gasteiger partial charge < -0.3 is 0 Å². The third-order valence-electron chi connectivity index (χ3n) is 3.97. The van der Waals surface area contributed by atoms with Gasteiger partial charge in [0.2, 0.25) is 0 Å². The summed E-state index contributed by atoms with van der Waals surface area (Å²) in [6.45, 7) is 1.94. The van der Waals surface area contributed by atoms with Crippen LogP contribution < -0.4 is 0 Å². The van der Waals surface area contributed by atoms with Gasteiger partial charge in [0.05, 0.1) is 0 Å². The Labute approximate surface area is 158 Å². The molecule has 0 fully saturated rings. The molecule has 3 aromatic rings. The highest BCUT2D eigenvalue weighted by Gasteiger charge is 2.22. The molecule has 0 bridgehead atoms. The van der Waals surface area contributed by atoms with Crippen LogP contribution in [0.4, 0.5) is 8.78 Å². The zero-order valence-corrected chi connectivity index (χ0v) is 16.3. The Morgan fingerprint density at radius 1 is 0.962 bits per heavy atom. The molecular weight excluding hydrogens is 424 g/mol. The fraction of sp³-hybridized carbons (Fsp3) is 0.105. The van der Waals surface area contributed by atoms with E-state index in [2.05, 4.69) is 20.9 Å². The Morgan fingerprint density at radius 2 is 1.62 bits per heavy atom. The lowest BCUT2D eigenvalue weighted by molar-refractivity contribution is 0.522. The fourth-order valence-electron chi connectivity index (χ4n) is 2.76. The summed E-state index contributed by atoms with van der Waals surface area (Å²) in [5, 5.41) is 0. The molecule has 0 saturated carbocycles. The van der Waals surface area contributed by atoms with Crippen LogP contribution in [0, 0.1) is 18.6 Å². The highest BCUT2D eigenvalue weighted by Crippen LogP contribution is 2.35. The average Bonchev–Trinajstić information content (AvgIpc) is 2.55. The second-order valence-electron chi connectivity index (χ2n) is 5.93. The van der Waals surface area contributed by atoms with E-state index in [9.17, 15) is 17.2 Å². The summed E-state index contributed by atoms with van der Waals surface area (Å²) in [6.07, 6.45) is 3.86. The van der Waals surface area contributed by atoms with Gasteiger partial charge in [0, 0.05) is 28.7 Å².